The number of hydrogen-bond acceptors (Lipinski definition) is 4. The average Bonchev–Trinajstić information content (AvgIpc) is 2.68. The number of anilines is 2. The normalized spacial score (nSPS) is 10.3. The fraction of sp³-hybridized carbons (Fsp3) is 0.273. The molecule has 0 bridgehead atoms. The summed E-state index contributed by atoms with van der Waals surface area (Å²) in [6.07, 6.45) is 0. The maximum atomic E-state index is 5.54. The van der Waals surface area contributed by atoms with Gasteiger partial charge in [-0.3, -0.25) is 0 Å². The SMILES string of the molecule is CCn1nc(N)nc1NCc1ccccc1. The zero-order valence-corrected chi connectivity index (χ0v) is 9.22. The number of nitrogens with two attached hydrogens (primary N) is 1. The molecule has 84 valence electrons. The van der Waals surface area contributed by atoms with Crippen molar-refractivity contribution >= 4 is 11.9 Å². The van der Waals surface area contributed by atoms with Gasteiger partial charge in [-0.1, -0.05) is 30.3 Å². The summed E-state index contributed by atoms with van der Waals surface area (Å²) < 4.78 is 1.75. The first kappa shape index (κ1) is 10.5. The molecule has 2 aromatic rings. The van der Waals surface area contributed by atoms with E-state index in [4.69, 9.17) is 5.73 Å². The van der Waals surface area contributed by atoms with Gasteiger partial charge in [0.1, 0.15) is 0 Å². The van der Waals surface area contributed by atoms with E-state index in [2.05, 4.69) is 27.5 Å². The van der Waals surface area contributed by atoms with Gasteiger partial charge < -0.3 is 11.1 Å². The van der Waals surface area contributed by atoms with Gasteiger partial charge >= 0.3 is 0 Å². The summed E-state index contributed by atoms with van der Waals surface area (Å²) in [5, 5.41) is 7.27. The highest BCUT2D eigenvalue weighted by molar-refractivity contribution is 5.33. The van der Waals surface area contributed by atoms with Gasteiger partial charge in [0, 0.05) is 13.1 Å². The van der Waals surface area contributed by atoms with Crippen molar-refractivity contribution in [2.75, 3.05) is 11.1 Å². The van der Waals surface area contributed by atoms with Crippen LogP contribution in [-0.4, -0.2) is 14.8 Å². The van der Waals surface area contributed by atoms with Crippen LogP contribution in [0, 0.1) is 0 Å². The van der Waals surface area contributed by atoms with Gasteiger partial charge in [-0.15, -0.1) is 5.10 Å². The fourth-order valence-corrected chi connectivity index (χ4v) is 1.49. The van der Waals surface area contributed by atoms with Crippen molar-refractivity contribution in [3.63, 3.8) is 0 Å². The molecule has 0 aliphatic heterocycles. The van der Waals surface area contributed by atoms with Crippen molar-refractivity contribution in [3.8, 4) is 0 Å². The Morgan fingerprint density at radius 3 is 2.75 bits per heavy atom. The Hall–Kier alpha value is -2.04. The first-order valence-electron chi connectivity index (χ1n) is 5.27. The van der Waals surface area contributed by atoms with Crippen LogP contribution in [0.5, 0.6) is 0 Å². The Labute approximate surface area is 94.3 Å². The molecule has 0 saturated carbocycles. The van der Waals surface area contributed by atoms with Crippen LogP contribution >= 0.6 is 0 Å². The van der Waals surface area contributed by atoms with Gasteiger partial charge in [0.25, 0.3) is 0 Å². The number of rotatable bonds is 4. The third-order valence-electron chi connectivity index (χ3n) is 2.28. The zero-order valence-electron chi connectivity index (χ0n) is 9.22. The molecule has 16 heavy (non-hydrogen) atoms. The van der Waals surface area contributed by atoms with Crippen LogP contribution in [0.3, 0.4) is 0 Å². The van der Waals surface area contributed by atoms with Crippen LogP contribution in [-0.2, 0) is 13.1 Å². The summed E-state index contributed by atoms with van der Waals surface area (Å²) in [7, 11) is 0. The van der Waals surface area contributed by atoms with Crippen molar-refractivity contribution in [1.82, 2.24) is 14.8 Å². The molecule has 0 spiro atoms. The fourth-order valence-electron chi connectivity index (χ4n) is 1.49. The summed E-state index contributed by atoms with van der Waals surface area (Å²) in [4.78, 5) is 4.12. The van der Waals surface area contributed by atoms with Crippen LogP contribution in [0.15, 0.2) is 30.3 Å². The Morgan fingerprint density at radius 2 is 2.06 bits per heavy atom. The molecule has 2 rings (SSSR count). The molecule has 3 N–H and O–H groups in total. The number of aromatic nitrogens is 3. The van der Waals surface area contributed by atoms with E-state index >= 15 is 0 Å². The Balaban J connectivity index is 2.04. The molecule has 0 radical (unpaired) electrons. The molecular weight excluding hydrogens is 202 g/mol. The predicted octanol–water partition coefficient (Wildman–Crippen LogP) is 1.49. The minimum atomic E-state index is 0.303. The number of nitrogens with one attached hydrogen (secondary N) is 1. The number of benzene rings is 1. The quantitative estimate of drug-likeness (QED) is 0.814. The third-order valence-corrected chi connectivity index (χ3v) is 2.28. The lowest BCUT2D eigenvalue weighted by Crippen LogP contribution is -2.07. The third kappa shape index (κ3) is 2.31. The molecule has 0 fully saturated rings. The van der Waals surface area contributed by atoms with E-state index in [9.17, 15) is 0 Å². The molecule has 1 aromatic heterocycles. The lowest BCUT2D eigenvalue weighted by Gasteiger charge is -2.05. The van der Waals surface area contributed by atoms with Gasteiger partial charge in [0.2, 0.25) is 11.9 Å². The van der Waals surface area contributed by atoms with E-state index in [0.717, 1.165) is 13.1 Å². The first-order valence-corrected chi connectivity index (χ1v) is 5.27. The molecule has 1 aromatic carbocycles. The van der Waals surface area contributed by atoms with Gasteiger partial charge in [-0.2, -0.15) is 4.98 Å². The smallest absolute Gasteiger partial charge is 0.241 e. The molecule has 0 saturated heterocycles. The van der Waals surface area contributed by atoms with Gasteiger partial charge in [-0.05, 0) is 12.5 Å². The van der Waals surface area contributed by atoms with Crippen LogP contribution in [0.25, 0.3) is 0 Å². The average molecular weight is 217 g/mol. The standard InChI is InChI=1S/C11H15N5/c1-2-16-11(14-10(12)15-16)13-8-9-6-4-3-5-7-9/h3-7H,2,8H2,1H3,(H3,12,13,14,15). The molecule has 1 heterocycles. The van der Waals surface area contributed by atoms with E-state index in [-0.39, 0.29) is 0 Å². The Bertz CT molecular complexity index is 449. The first-order chi connectivity index (χ1) is 7.79. The second-order valence-corrected chi connectivity index (χ2v) is 3.45. The van der Waals surface area contributed by atoms with Crippen molar-refractivity contribution < 1.29 is 0 Å². The van der Waals surface area contributed by atoms with Crippen LogP contribution in [0.2, 0.25) is 0 Å². The Kier molecular flexibility index (Phi) is 3.05. The number of aryl methyl sites for hydroxylation is 1. The highest BCUT2D eigenvalue weighted by atomic mass is 15.4. The van der Waals surface area contributed by atoms with Gasteiger partial charge in [0.15, 0.2) is 0 Å². The van der Waals surface area contributed by atoms with Crippen LogP contribution in [0.1, 0.15) is 12.5 Å². The summed E-state index contributed by atoms with van der Waals surface area (Å²) in [5.41, 5.74) is 6.74. The number of nitrogens with zero attached hydrogens (tertiary/aromatic N) is 3. The number of hydrogen-bond donors (Lipinski definition) is 2. The lowest BCUT2D eigenvalue weighted by molar-refractivity contribution is 0.665. The van der Waals surface area contributed by atoms with Gasteiger partial charge in [-0.25, -0.2) is 4.68 Å². The highest BCUT2D eigenvalue weighted by Gasteiger charge is 2.04. The van der Waals surface area contributed by atoms with Gasteiger partial charge in [0.05, 0.1) is 0 Å². The molecule has 5 nitrogen and oxygen atoms in total. The van der Waals surface area contributed by atoms with Crippen molar-refractivity contribution in [2.45, 2.75) is 20.0 Å². The van der Waals surface area contributed by atoms with Crippen molar-refractivity contribution in [1.29, 1.82) is 0 Å². The minimum Gasteiger partial charge on any atom is -0.366 e. The molecule has 0 atom stereocenters. The summed E-state index contributed by atoms with van der Waals surface area (Å²) in [6, 6.07) is 10.1. The topological polar surface area (TPSA) is 68.8 Å². The second-order valence-electron chi connectivity index (χ2n) is 3.45. The van der Waals surface area contributed by atoms with E-state index < -0.39 is 0 Å². The molecule has 0 unspecified atom stereocenters. The molecular formula is C11H15N5. The predicted molar refractivity (Wildman–Crippen MR) is 63.9 cm³/mol. The van der Waals surface area contributed by atoms with Crippen LogP contribution < -0.4 is 11.1 Å². The largest absolute Gasteiger partial charge is 0.366 e. The lowest BCUT2D eigenvalue weighted by atomic mass is 10.2. The summed E-state index contributed by atoms with van der Waals surface area (Å²) in [5.74, 6) is 1.02. The van der Waals surface area contributed by atoms with E-state index in [1.807, 2.05) is 25.1 Å². The summed E-state index contributed by atoms with van der Waals surface area (Å²) >= 11 is 0. The summed E-state index contributed by atoms with van der Waals surface area (Å²) in [6.45, 7) is 3.47. The zero-order chi connectivity index (χ0) is 11.4. The molecule has 5 heteroatoms. The minimum absolute atomic E-state index is 0.303. The molecule has 0 aliphatic rings. The number of nitrogen functional groups attached to an aromatic ring is 1. The van der Waals surface area contributed by atoms with Crippen LogP contribution in [0.4, 0.5) is 11.9 Å². The van der Waals surface area contributed by atoms with E-state index in [0.29, 0.717) is 11.9 Å². The monoisotopic (exact) mass is 217 g/mol. The maximum Gasteiger partial charge on any atom is 0.241 e. The maximum absolute atomic E-state index is 5.54. The Morgan fingerprint density at radius 1 is 1.31 bits per heavy atom. The molecule has 0 aliphatic carbocycles. The molecule has 0 amide bonds. The second kappa shape index (κ2) is 4.65. The van der Waals surface area contributed by atoms with Crippen molar-refractivity contribution in [2.24, 2.45) is 0 Å². The van der Waals surface area contributed by atoms with E-state index in [1.54, 1.807) is 4.68 Å². The van der Waals surface area contributed by atoms with Crippen molar-refractivity contribution in [3.05, 3.63) is 35.9 Å². The van der Waals surface area contributed by atoms with E-state index in [1.165, 1.54) is 5.56 Å². The highest BCUT2D eigenvalue weighted by Crippen LogP contribution is 2.08.